The van der Waals surface area contributed by atoms with Crippen molar-refractivity contribution in [2.75, 3.05) is 5.73 Å². The third kappa shape index (κ3) is 2.49. The van der Waals surface area contributed by atoms with E-state index >= 15 is 0 Å². The molecule has 2 aromatic carbocycles. The number of anilines is 1. The zero-order chi connectivity index (χ0) is 14.8. The number of carboxylic acid groups (broad SMARTS) is 1. The van der Waals surface area contributed by atoms with Crippen molar-refractivity contribution >= 4 is 11.7 Å². The van der Waals surface area contributed by atoms with E-state index in [0.717, 1.165) is 11.1 Å². The van der Waals surface area contributed by atoms with Crippen LogP contribution in [0.4, 0.5) is 5.69 Å². The van der Waals surface area contributed by atoms with Gasteiger partial charge < -0.3 is 10.8 Å². The van der Waals surface area contributed by atoms with Gasteiger partial charge in [-0.1, -0.05) is 30.3 Å². The summed E-state index contributed by atoms with van der Waals surface area (Å²) in [6.45, 7) is 0. The van der Waals surface area contributed by atoms with E-state index in [1.165, 1.54) is 6.07 Å². The molecule has 5 nitrogen and oxygen atoms in total. The Kier molecular flexibility index (Phi) is 3.16. The van der Waals surface area contributed by atoms with Gasteiger partial charge in [-0.2, -0.15) is 5.10 Å². The molecular formula is C16H13N3O2. The van der Waals surface area contributed by atoms with Gasteiger partial charge in [-0.3, -0.25) is 0 Å². The molecule has 0 unspecified atom stereocenters. The third-order valence-electron chi connectivity index (χ3n) is 3.22. The number of carbonyl (C=O) groups is 1. The van der Waals surface area contributed by atoms with Crippen molar-refractivity contribution in [3.8, 4) is 16.8 Å². The maximum atomic E-state index is 11.1. The summed E-state index contributed by atoms with van der Waals surface area (Å²) >= 11 is 0. The molecule has 104 valence electrons. The second-order valence-corrected chi connectivity index (χ2v) is 4.62. The van der Waals surface area contributed by atoms with Gasteiger partial charge in [0.1, 0.15) is 0 Å². The van der Waals surface area contributed by atoms with E-state index in [1.54, 1.807) is 23.0 Å². The monoisotopic (exact) mass is 279 g/mol. The molecule has 0 saturated carbocycles. The molecule has 0 amide bonds. The number of aromatic carboxylic acids is 1. The molecule has 0 saturated heterocycles. The Morgan fingerprint density at radius 3 is 2.57 bits per heavy atom. The SMILES string of the molecule is Nc1ccc(-n2cc(-c3ccccc3)cn2)cc1C(=O)O. The lowest BCUT2D eigenvalue weighted by molar-refractivity contribution is 0.0698. The lowest BCUT2D eigenvalue weighted by Crippen LogP contribution is -2.04. The molecule has 0 atom stereocenters. The van der Waals surface area contributed by atoms with E-state index in [4.69, 9.17) is 10.8 Å². The van der Waals surface area contributed by atoms with Crippen LogP contribution < -0.4 is 5.73 Å². The molecule has 3 N–H and O–H groups in total. The molecule has 5 heteroatoms. The first-order valence-electron chi connectivity index (χ1n) is 6.38. The van der Waals surface area contributed by atoms with E-state index in [9.17, 15) is 4.79 Å². The summed E-state index contributed by atoms with van der Waals surface area (Å²) < 4.78 is 1.63. The van der Waals surface area contributed by atoms with Crippen molar-refractivity contribution in [3.63, 3.8) is 0 Å². The highest BCUT2D eigenvalue weighted by Crippen LogP contribution is 2.21. The first-order valence-corrected chi connectivity index (χ1v) is 6.38. The molecule has 3 rings (SSSR count). The van der Waals surface area contributed by atoms with Crippen LogP contribution in [-0.2, 0) is 0 Å². The van der Waals surface area contributed by atoms with Crippen LogP contribution >= 0.6 is 0 Å². The van der Waals surface area contributed by atoms with Crippen molar-refractivity contribution in [3.05, 3.63) is 66.5 Å². The van der Waals surface area contributed by atoms with Crippen LogP contribution in [0, 0.1) is 0 Å². The second-order valence-electron chi connectivity index (χ2n) is 4.62. The first-order chi connectivity index (χ1) is 10.1. The number of carboxylic acids is 1. The van der Waals surface area contributed by atoms with Crippen molar-refractivity contribution in [2.45, 2.75) is 0 Å². The van der Waals surface area contributed by atoms with Crippen LogP contribution in [0.25, 0.3) is 16.8 Å². The Morgan fingerprint density at radius 2 is 1.86 bits per heavy atom. The van der Waals surface area contributed by atoms with Gasteiger partial charge in [0, 0.05) is 17.4 Å². The van der Waals surface area contributed by atoms with Gasteiger partial charge >= 0.3 is 5.97 Å². The van der Waals surface area contributed by atoms with Gasteiger partial charge in [0.05, 0.1) is 17.4 Å². The highest BCUT2D eigenvalue weighted by Gasteiger charge is 2.10. The molecule has 0 aliphatic rings. The lowest BCUT2D eigenvalue weighted by Gasteiger charge is -2.05. The van der Waals surface area contributed by atoms with Crippen molar-refractivity contribution in [1.29, 1.82) is 0 Å². The summed E-state index contributed by atoms with van der Waals surface area (Å²) in [5.74, 6) is -1.05. The van der Waals surface area contributed by atoms with E-state index in [-0.39, 0.29) is 11.3 Å². The van der Waals surface area contributed by atoms with Gasteiger partial charge in [-0.05, 0) is 23.8 Å². The minimum Gasteiger partial charge on any atom is -0.478 e. The Balaban J connectivity index is 2.01. The molecule has 0 aliphatic heterocycles. The molecule has 0 radical (unpaired) electrons. The zero-order valence-electron chi connectivity index (χ0n) is 11.1. The predicted octanol–water partition coefficient (Wildman–Crippen LogP) is 2.82. The Hall–Kier alpha value is -3.08. The Bertz CT molecular complexity index is 794. The van der Waals surface area contributed by atoms with Gasteiger partial charge in [-0.25, -0.2) is 9.48 Å². The lowest BCUT2D eigenvalue weighted by atomic mass is 10.1. The maximum Gasteiger partial charge on any atom is 0.337 e. The van der Waals surface area contributed by atoms with Crippen LogP contribution in [-0.4, -0.2) is 20.9 Å². The summed E-state index contributed by atoms with van der Waals surface area (Å²) in [6.07, 6.45) is 3.60. The van der Waals surface area contributed by atoms with Crippen LogP contribution in [0.3, 0.4) is 0 Å². The standard InChI is InChI=1S/C16H13N3O2/c17-15-7-6-13(8-14(15)16(20)21)19-10-12(9-18-19)11-4-2-1-3-5-11/h1-10H,17H2,(H,20,21). The summed E-state index contributed by atoms with van der Waals surface area (Å²) in [5.41, 5.74) is 8.64. The molecular weight excluding hydrogens is 266 g/mol. The van der Waals surface area contributed by atoms with Gasteiger partial charge in [0.2, 0.25) is 0 Å². The molecule has 0 spiro atoms. The molecule has 21 heavy (non-hydrogen) atoms. The van der Waals surface area contributed by atoms with E-state index in [0.29, 0.717) is 5.69 Å². The van der Waals surface area contributed by atoms with E-state index in [1.807, 2.05) is 36.5 Å². The fourth-order valence-corrected chi connectivity index (χ4v) is 2.12. The maximum absolute atomic E-state index is 11.1. The number of nitrogens with two attached hydrogens (primary N) is 1. The largest absolute Gasteiger partial charge is 0.478 e. The van der Waals surface area contributed by atoms with Gasteiger partial charge in [0.25, 0.3) is 0 Å². The van der Waals surface area contributed by atoms with Crippen LogP contribution in [0.2, 0.25) is 0 Å². The number of nitrogen functional groups attached to an aromatic ring is 1. The minimum absolute atomic E-state index is 0.0734. The smallest absolute Gasteiger partial charge is 0.337 e. The van der Waals surface area contributed by atoms with Gasteiger partial charge in [-0.15, -0.1) is 0 Å². The topological polar surface area (TPSA) is 81.1 Å². The van der Waals surface area contributed by atoms with Gasteiger partial charge in [0.15, 0.2) is 0 Å². The first kappa shape index (κ1) is 12.9. The number of rotatable bonds is 3. The van der Waals surface area contributed by atoms with Crippen molar-refractivity contribution in [1.82, 2.24) is 9.78 Å². The number of hydrogen-bond donors (Lipinski definition) is 2. The van der Waals surface area contributed by atoms with E-state index < -0.39 is 5.97 Å². The molecule has 0 bridgehead atoms. The Labute approximate surface area is 121 Å². The fourth-order valence-electron chi connectivity index (χ4n) is 2.12. The number of benzene rings is 2. The van der Waals surface area contributed by atoms with Crippen LogP contribution in [0.15, 0.2) is 60.9 Å². The molecule has 1 aromatic heterocycles. The fraction of sp³-hybridized carbons (Fsp3) is 0. The highest BCUT2D eigenvalue weighted by molar-refractivity contribution is 5.94. The van der Waals surface area contributed by atoms with Crippen molar-refractivity contribution in [2.24, 2.45) is 0 Å². The zero-order valence-corrected chi connectivity index (χ0v) is 11.1. The average molecular weight is 279 g/mol. The quantitative estimate of drug-likeness (QED) is 0.722. The number of hydrogen-bond acceptors (Lipinski definition) is 3. The summed E-state index contributed by atoms with van der Waals surface area (Å²) in [5, 5.41) is 13.4. The molecule has 1 heterocycles. The molecule has 0 fully saturated rings. The normalized spacial score (nSPS) is 10.5. The minimum atomic E-state index is -1.05. The predicted molar refractivity (Wildman–Crippen MR) is 80.4 cm³/mol. The Morgan fingerprint density at radius 1 is 1.10 bits per heavy atom. The van der Waals surface area contributed by atoms with Crippen LogP contribution in [0.5, 0.6) is 0 Å². The summed E-state index contributed by atoms with van der Waals surface area (Å²) in [4.78, 5) is 11.1. The molecule has 3 aromatic rings. The number of nitrogens with zero attached hydrogens (tertiary/aromatic N) is 2. The van der Waals surface area contributed by atoms with Crippen LogP contribution in [0.1, 0.15) is 10.4 Å². The third-order valence-corrected chi connectivity index (χ3v) is 3.22. The van der Waals surface area contributed by atoms with Crippen molar-refractivity contribution < 1.29 is 9.90 Å². The molecule has 0 aliphatic carbocycles. The second kappa shape index (κ2) is 5.13. The number of aromatic nitrogens is 2. The average Bonchev–Trinajstić information content (AvgIpc) is 2.98. The van der Waals surface area contributed by atoms with E-state index in [2.05, 4.69) is 5.10 Å². The highest BCUT2D eigenvalue weighted by atomic mass is 16.4. The summed E-state index contributed by atoms with van der Waals surface area (Å²) in [7, 11) is 0. The summed E-state index contributed by atoms with van der Waals surface area (Å²) in [6, 6.07) is 14.7.